The number of hydrogen-bond donors (Lipinski definition) is 1. The summed E-state index contributed by atoms with van der Waals surface area (Å²) in [4.78, 5) is 4.25. The maximum Gasteiger partial charge on any atom is 0.101 e. The average molecular weight is 498 g/mol. The molecule has 1 spiro atoms. The molecule has 1 unspecified atom stereocenters. The molecule has 0 fully saturated rings. The van der Waals surface area contributed by atoms with Crippen LogP contribution in [0.25, 0.3) is 28.0 Å². The Bertz CT molecular complexity index is 1870. The summed E-state index contributed by atoms with van der Waals surface area (Å²) >= 11 is 0. The summed E-state index contributed by atoms with van der Waals surface area (Å²) in [6, 6.07) is 37.7. The molecule has 1 N–H and O–H groups in total. The first-order valence-corrected chi connectivity index (χ1v) is 13.2. The molecular formula is C36H23N3. The van der Waals surface area contributed by atoms with Gasteiger partial charge in [-0.05, 0) is 68.3 Å². The molecule has 3 nitrogen and oxygen atoms in total. The first kappa shape index (κ1) is 21.8. The van der Waals surface area contributed by atoms with Gasteiger partial charge < -0.3 is 5.32 Å². The fraction of sp³-hybridized carbons (Fsp3) is 0.0556. The Kier molecular flexibility index (Phi) is 4.56. The van der Waals surface area contributed by atoms with Crippen LogP contribution in [0.2, 0.25) is 0 Å². The van der Waals surface area contributed by atoms with Crippen molar-refractivity contribution in [1.82, 2.24) is 10.3 Å². The van der Waals surface area contributed by atoms with Crippen molar-refractivity contribution in [2.24, 2.45) is 0 Å². The maximum absolute atomic E-state index is 9.33. The fourth-order valence-corrected chi connectivity index (χ4v) is 6.86. The number of benzene rings is 4. The number of nitrogens with zero attached hydrogens (tertiary/aromatic N) is 2. The smallest absolute Gasteiger partial charge is 0.101 e. The van der Waals surface area contributed by atoms with Crippen LogP contribution in [0, 0.1) is 11.3 Å². The SMILES string of the molecule is N#Cc1cncc(C2=CC=CC(c3ccc4c(c3)-c3ccccc3C43c4ccccc4-c4ccccc43)N2)c1. The van der Waals surface area contributed by atoms with Crippen LogP contribution < -0.4 is 5.32 Å². The van der Waals surface area contributed by atoms with Crippen molar-refractivity contribution in [3.63, 3.8) is 0 Å². The van der Waals surface area contributed by atoms with Crippen LogP contribution in [0.3, 0.4) is 0 Å². The molecular weight excluding hydrogens is 474 g/mol. The molecule has 39 heavy (non-hydrogen) atoms. The molecule has 2 heterocycles. The van der Waals surface area contributed by atoms with Crippen LogP contribution in [0.15, 0.2) is 128 Å². The van der Waals surface area contributed by atoms with Gasteiger partial charge >= 0.3 is 0 Å². The normalized spacial score (nSPS) is 16.9. The van der Waals surface area contributed by atoms with E-state index in [1.54, 1.807) is 12.4 Å². The van der Waals surface area contributed by atoms with Crippen molar-refractivity contribution < 1.29 is 0 Å². The first-order chi connectivity index (χ1) is 19.3. The fourth-order valence-electron chi connectivity index (χ4n) is 6.86. The van der Waals surface area contributed by atoms with Crippen molar-refractivity contribution in [3.8, 4) is 28.3 Å². The van der Waals surface area contributed by atoms with Gasteiger partial charge in [0.1, 0.15) is 6.07 Å². The van der Waals surface area contributed by atoms with Crippen LogP contribution in [0.4, 0.5) is 0 Å². The van der Waals surface area contributed by atoms with Gasteiger partial charge in [0, 0.05) is 23.7 Å². The molecule has 3 heteroatoms. The number of hydrogen-bond acceptors (Lipinski definition) is 3. The second kappa shape index (κ2) is 8.15. The number of nitrogens with one attached hydrogen (secondary N) is 1. The minimum absolute atomic E-state index is 0.00732. The Labute approximate surface area is 227 Å². The quantitative estimate of drug-likeness (QED) is 0.268. The van der Waals surface area contributed by atoms with E-state index >= 15 is 0 Å². The lowest BCUT2D eigenvalue weighted by Gasteiger charge is -2.30. The molecule has 1 atom stereocenters. The summed E-state index contributed by atoms with van der Waals surface area (Å²) < 4.78 is 0. The minimum atomic E-state index is -0.318. The summed E-state index contributed by atoms with van der Waals surface area (Å²) in [6.07, 6.45) is 9.70. The number of nitriles is 1. The lowest BCUT2D eigenvalue weighted by Crippen LogP contribution is -2.26. The third-order valence-corrected chi connectivity index (χ3v) is 8.44. The number of fused-ring (bicyclic) bond motifs is 10. The van der Waals surface area contributed by atoms with Gasteiger partial charge in [0.25, 0.3) is 0 Å². The number of allylic oxidation sites excluding steroid dienone is 2. The van der Waals surface area contributed by atoms with Gasteiger partial charge in [-0.2, -0.15) is 5.26 Å². The molecule has 1 aromatic heterocycles. The zero-order valence-electron chi connectivity index (χ0n) is 21.1. The van der Waals surface area contributed by atoms with Crippen LogP contribution in [-0.4, -0.2) is 4.98 Å². The summed E-state index contributed by atoms with van der Waals surface area (Å²) in [5, 5.41) is 13.0. The molecule has 2 aliphatic carbocycles. The number of dihydropyridines is 1. The summed E-state index contributed by atoms with van der Waals surface area (Å²) in [7, 11) is 0. The van der Waals surface area contributed by atoms with E-state index in [0.717, 1.165) is 11.3 Å². The molecule has 182 valence electrons. The highest BCUT2D eigenvalue weighted by Crippen LogP contribution is 2.62. The lowest BCUT2D eigenvalue weighted by atomic mass is 9.70. The molecule has 3 aliphatic rings. The highest BCUT2D eigenvalue weighted by molar-refractivity contribution is 5.95. The maximum atomic E-state index is 9.33. The summed E-state index contributed by atoms with van der Waals surface area (Å²) in [5.74, 6) is 0. The Balaban J connectivity index is 1.28. The van der Waals surface area contributed by atoms with Gasteiger partial charge in [0.05, 0.1) is 17.0 Å². The predicted octanol–water partition coefficient (Wildman–Crippen LogP) is 7.54. The Hall–Kier alpha value is -5.20. The number of aromatic nitrogens is 1. The van der Waals surface area contributed by atoms with E-state index in [1.165, 1.54) is 50.1 Å². The standard InChI is InChI=1S/C36H23N3/c37-20-23-18-25(22-38-21-23)35-15-7-14-34(39-35)24-16-17-33-29(19-24)28-10-3-6-13-32(28)36(33)30-11-4-1-8-26(30)27-9-2-5-12-31(27)36/h1-19,21-22,34,39H. The van der Waals surface area contributed by atoms with E-state index in [0.29, 0.717) is 5.56 Å². The van der Waals surface area contributed by atoms with Gasteiger partial charge in [0.2, 0.25) is 0 Å². The zero-order valence-corrected chi connectivity index (χ0v) is 21.1. The van der Waals surface area contributed by atoms with Crippen molar-refractivity contribution in [1.29, 1.82) is 5.26 Å². The lowest BCUT2D eigenvalue weighted by molar-refractivity contribution is 0.759. The molecule has 0 saturated heterocycles. The molecule has 0 amide bonds. The predicted molar refractivity (Wildman–Crippen MR) is 155 cm³/mol. The van der Waals surface area contributed by atoms with Crippen molar-refractivity contribution in [3.05, 3.63) is 167 Å². The van der Waals surface area contributed by atoms with E-state index in [1.807, 2.05) is 12.1 Å². The molecule has 4 aromatic carbocycles. The highest BCUT2D eigenvalue weighted by Gasteiger charge is 2.51. The minimum Gasteiger partial charge on any atom is -0.374 e. The van der Waals surface area contributed by atoms with E-state index in [-0.39, 0.29) is 11.5 Å². The summed E-state index contributed by atoms with van der Waals surface area (Å²) in [5.41, 5.74) is 13.9. The monoisotopic (exact) mass is 497 g/mol. The largest absolute Gasteiger partial charge is 0.374 e. The van der Waals surface area contributed by atoms with Gasteiger partial charge in [-0.15, -0.1) is 0 Å². The number of pyridine rings is 1. The molecule has 0 saturated carbocycles. The molecule has 1 aliphatic heterocycles. The van der Waals surface area contributed by atoms with Gasteiger partial charge in [-0.1, -0.05) is 97.1 Å². The molecule has 0 bridgehead atoms. The third-order valence-electron chi connectivity index (χ3n) is 8.44. The van der Waals surface area contributed by atoms with Gasteiger partial charge in [-0.3, -0.25) is 4.98 Å². The second-order valence-corrected chi connectivity index (χ2v) is 10.4. The topological polar surface area (TPSA) is 48.7 Å². The van der Waals surface area contributed by atoms with Crippen molar-refractivity contribution in [2.75, 3.05) is 0 Å². The average Bonchev–Trinajstić information content (AvgIpc) is 3.48. The highest BCUT2D eigenvalue weighted by atomic mass is 14.9. The van der Waals surface area contributed by atoms with Crippen LogP contribution in [-0.2, 0) is 5.41 Å². The van der Waals surface area contributed by atoms with Crippen LogP contribution in [0.5, 0.6) is 0 Å². The van der Waals surface area contributed by atoms with E-state index in [4.69, 9.17) is 0 Å². The van der Waals surface area contributed by atoms with Gasteiger partial charge in [0.15, 0.2) is 0 Å². The number of rotatable bonds is 2. The van der Waals surface area contributed by atoms with Crippen LogP contribution in [0.1, 0.15) is 45.0 Å². The molecule has 8 rings (SSSR count). The Morgan fingerprint density at radius 3 is 1.97 bits per heavy atom. The molecule has 5 aromatic rings. The van der Waals surface area contributed by atoms with E-state index < -0.39 is 0 Å². The van der Waals surface area contributed by atoms with Crippen molar-refractivity contribution in [2.45, 2.75) is 11.5 Å². The first-order valence-electron chi connectivity index (χ1n) is 13.2. The van der Waals surface area contributed by atoms with Crippen molar-refractivity contribution >= 4 is 5.70 Å². The van der Waals surface area contributed by atoms with Gasteiger partial charge in [-0.25, -0.2) is 0 Å². The van der Waals surface area contributed by atoms with E-state index in [2.05, 4.69) is 120 Å². The Morgan fingerprint density at radius 1 is 0.692 bits per heavy atom. The Morgan fingerprint density at radius 2 is 1.31 bits per heavy atom. The zero-order chi connectivity index (χ0) is 26.0. The second-order valence-electron chi connectivity index (χ2n) is 10.4. The van der Waals surface area contributed by atoms with E-state index in [9.17, 15) is 5.26 Å². The van der Waals surface area contributed by atoms with Crippen LogP contribution >= 0.6 is 0 Å². The third kappa shape index (κ3) is 2.94. The summed E-state index contributed by atoms with van der Waals surface area (Å²) in [6.45, 7) is 0. The molecule has 0 radical (unpaired) electrons.